The smallest absolute Gasteiger partial charge is 0.0728 e. The minimum absolute atomic E-state index is 0.622. The monoisotopic (exact) mass is 276 g/mol. The first kappa shape index (κ1) is 13.9. The van der Waals surface area contributed by atoms with Crippen LogP contribution >= 0.6 is 0 Å². The first-order valence-electron chi connectivity index (χ1n) is 8.20. The first-order valence-corrected chi connectivity index (χ1v) is 8.20. The van der Waals surface area contributed by atoms with Crippen molar-refractivity contribution in [3.05, 3.63) is 12.4 Å². The number of aryl methyl sites for hydroxylation is 1. The number of hydrogen-bond donors (Lipinski definition) is 1. The number of rotatable bonds is 3. The molecule has 1 saturated heterocycles. The van der Waals surface area contributed by atoms with Gasteiger partial charge in [0, 0.05) is 38.4 Å². The summed E-state index contributed by atoms with van der Waals surface area (Å²) < 4.78 is 1.86. The molecule has 2 heterocycles. The fourth-order valence-corrected chi connectivity index (χ4v) is 3.87. The Bertz CT molecular complexity index is 420. The average molecular weight is 276 g/mol. The lowest BCUT2D eigenvalue weighted by atomic mass is 9.85. The second-order valence-electron chi connectivity index (χ2n) is 6.78. The Hall–Kier alpha value is -1.03. The van der Waals surface area contributed by atoms with Crippen LogP contribution in [-0.2, 0) is 7.05 Å². The molecule has 3 rings (SSSR count). The van der Waals surface area contributed by atoms with Crippen molar-refractivity contribution in [1.82, 2.24) is 14.7 Å². The highest BCUT2D eigenvalue weighted by molar-refractivity contribution is 5.39. The minimum Gasteiger partial charge on any atom is -0.380 e. The molecule has 2 fully saturated rings. The highest BCUT2D eigenvalue weighted by Gasteiger charge is 2.28. The average Bonchev–Trinajstić information content (AvgIpc) is 2.85. The number of nitrogens with zero attached hydrogens (tertiary/aromatic N) is 3. The Balaban J connectivity index is 1.47. The molecule has 0 aromatic carbocycles. The minimum atomic E-state index is 0.622. The molecule has 4 heteroatoms. The van der Waals surface area contributed by atoms with Gasteiger partial charge in [-0.05, 0) is 31.6 Å². The van der Waals surface area contributed by atoms with Crippen molar-refractivity contribution in [3.8, 4) is 0 Å². The van der Waals surface area contributed by atoms with Gasteiger partial charge in [-0.25, -0.2) is 0 Å². The molecule has 1 N–H and O–H groups in total. The molecule has 2 aliphatic rings. The third kappa shape index (κ3) is 3.35. The van der Waals surface area contributed by atoms with Crippen molar-refractivity contribution in [2.45, 2.75) is 57.5 Å². The molecule has 1 saturated carbocycles. The lowest BCUT2D eigenvalue weighted by molar-refractivity contribution is 0.109. The molecule has 1 aliphatic heterocycles. The molecule has 0 spiro atoms. The Morgan fingerprint density at radius 2 is 2.00 bits per heavy atom. The van der Waals surface area contributed by atoms with Crippen LogP contribution in [0.5, 0.6) is 0 Å². The second-order valence-corrected chi connectivity index (χ2v) is 6.78. The molecular formula is C16H28N4. The summed E-state index contributed by atoms with van der Waals surface area (Å²) in [6.45, 7) is 4.94. The van der Waals surface area contributed by atoms with E-state index in [4.69, 9.17) is 0 Å². The first-order chi connectivity index (χ1) is 9.70. The summed E-state index contributed by atoms with van der Waals surface area (Å²) in [6, 6.07) is 1.48. The third-order valence-corrected chi connectivity index (χ3v) is 5.03. The number of hydrogen-bond acceptors (Lipinski definition) is 3. The van der Waals surface area contributed by atoms with Gasteiger partial charge in [-0.15, -0.1) is 0 Å². The van der Waals surface area contributed by atoms with Crippen LogP contribution in [0.4, 0.5) is 5.69 Å². The molecule has 1 aromatic rings. The molecule has 0 radical (unpaired) electrons. The zero-order valence-electron chi connectivity index (χ0n) is 12.9. The summed E-state index contributed by atoms with van der Waals surface area (Å²) in [5.74, 6) is 0.931. The molecule has 0 amide bonds. The highest BCUT2D eigenvalue weighted by Crippen LogP contribution is 2.29. The molecule has 20 heavy (non-hydrogen) atoms. The molecule has 4 nitrogen and oxygen atoms in total. The Morgan fingerprint density at radius 3 is 2.65 bits per heavy atom. The zero-order valence-corrected chi connectivity index (χ0v) is 12.9. The quantitative estimate of drug-likeness (QED) is 0.921. The van der Waals surface area contributed by atoms with Crippen LogP contribution in [0.1, 0.15) is 45.4 Å². The van der Waals surface area contributed by atoms with Gasteiger partial charge in [-0.2, -0.15) is 5.10 Å². The summed E-state index contributed by atoms with van der Waals surface area (Å²) in [6.07, 6.45) is 12.2. The van der Waals surface area contributed by atoms with E-state index in [0.717, 1.165) is 17.6 Å². The molecule has 0 bridgehead atoms. The van der Waals surface area contributed by atoms with Crippen LogP contribution in [0, 0.1) is 5.92 Å². The number of anilines is 1. The van der Waals surface area contributed by atoms with E-state index in [1.54, 1.807) is 0 Å². The summed E-state index contributed by atoms with van der Waals surface area (Å²) in [7, 11) is 1.97. The highest BCUT2D eigenvalue weighted by atomic mass is 15.3. The third-order valence-electron chi connectivity index (χ3n) is 5.03. The lowest BCUT2D eigenvalue weighted by Gasteiger charge is -2.41. The van der Waals surface area contributed by atoms with Gasteiger partial charge in [0.05, 0.1) is 11.9 Å². The van der Waals surface area contributed by atoms with Crippen LogP contribution in [-0.4, -0.2) is 39.9 Å². The number of nitrogens with one attached hydrogen (secondary N) is 1. The summed E-state index contributed by atoms with van der Waals surface area (Å²) in [5.41, 5.74) is 1.16. The molecule has 0 unspecified atom stereocenters. The van der Waals surface area contributed by atoms with Gasteiger partial charge < -0.3 is 10.2 Å². The van der Waals surface area contributed by atoms with Gasteiger partial charge in [0.15, 0.2) is 0 Å². The van der Waals surface area contributed by atoms with E-state index in [2.05, 4.69) is 28.4 Å². The SMILES string of the molecule is C[C@H]1CCC[C@H](N2CCC(Nc3cnn(C)c3)CC2)C1. The molecule has 2 atom stereocenters. The van der Waals surface area contributed by atoms with E-state index in [1.165, 1.54) is 51.6 Å². The van der Waals surface area contributed by atoms with Crippen molar-refractivity contribution in [2.24, 2.45) is 13.0 Å². The molecule has 112 valence electrons. The summed E-state index contributed by atoms with van der Waals surface area (Å²) in [5, 5.41) is 7.85. The van der Waals surface area contributed by atoms with Crippen LogP contribution in [0.3, 0.4) is 0 Å². The zero-order chi connectivity index (χ0) is 13.9. The number of likely N-dealkylation sites (tertiary alicyclic amines) is 1. The lowest BCUT2D eigenvalue weighted by Crippen LogP contribution is -2.46. The Kier molecular flexibility index (Phi) is 4.29. The number of aromatic nitrogens is 2. The van der Waals surface area contributed by atoms with Crippen molar-refractivity contribution < 1.29 is 0 Å². The van der Waals surface area contributed by atoms with Crippen molar-refractivity contribution >= 4 is 5.69 Å². The van der Waals surface area contributed by atoms with Crippen LogP contribution in [0.2, 0.25) is 0 Å². The Morgan fingerprint density at radius 1 is 1.20 bits per heavy atom. The van der Waals surface area contributed by atoms with Crippen LogP contribution in [0.25, 0.3) is 0 Å². The molecule has 1 aromatic heterocycles. The Labute approximate surface area is 122 Å². The van der Waals surface area contributed by atoms with Gasteiger partial charge in [0.2, 0.25) is 0 Å². The van der Waals surface area contributed by atoms with Crippen molar-refractivity contribution in [1.29, 1.82) is 0 Å². The standard InChI is InChI=1S/C16H28N4/c1-13-4-3-5-16(10-13)20-8-6-14(7-9-20)18-15-11-17-19(2)12-15/h11-14,16,18H,3-10H2,1-2H3/t13-,16-/m0/s1. The van der Waals surface area contributed by atoms with Gasteiger partial charge in [-0.3, -0.25) is 4.68 Å². The van der Waals surface area contributed by atoms with Gasteiger partial charge in [0.1, 0.15) is 0 Å². The van der Waals surface area contributed by atoms with Crippen LogP contribution in [0.15, 0.2) is 12.4 Å². The normalized spacial score (nSPS) is 29.5. The second kappa shape index (κ2) is 6.17. The topological polar surface area (TPSA) is 33.1 Å². The fraction of sp³-hybridized carbons (Fsp3) is 0.812. The van der Waals surface area contributed by atoms with E-state index < -0.39 is 0 Å². The van der Waals surface area contributed by atoms with Crippen molar-refractivity contribution in [2.75, 3.05) is 18.4 Å². The maximum atomic E-state index is 4.22. The maximum Gasteiger partial charge on any atom is 0.0728 e. The van der Waals surface area contributed by atoms with Crippen molar-refractivity contribution in [3.63, 3.8) is 0 Å². The number of piperidine rings is 1. The van der Waals surface area contributed by atoms with E-state index in [1.807, 2.05) is 17.9 Å². The van der Waals surface area contributed by atoms with Gasteiger partial charge in [0.25, 0.3) is 0 Å². The maximum absolute atomic E-state index is 4.22. The van der Waals surface area contributed by atoms with E-state index in [-0.39, 0.29) is 0 Å². The van der Waals surface area contributed by atoms with E-state index in [9.17, 15) is 0 Å². The predicted octanol–water partition coefficient (Wildman–Crippen LogP) is 2.88. The van der Waals surface area contributed by atoms with Crippen LogP contribution < -0.4 is 5.32 Å². The largest absolute Gasteiger partial charge is 0.380 e. The molecular weight excluding hydrogens is 248 g/mol. The summed E-state index contributed by atoms with van der Waals surface area (Å²) in [4.78, 5) is 2.75. The summed E-state index contributed by atoms with van der Waals surface area (Å²) >= 11 is 0. The van der Waals surface area contributed by atoms with Gasteiger partial charge in [-0.1, -0.05) is 19.8 Å². The molecule has 1 aliphatic carbocycles. The fourth-order valence-electron chi connectivity index (χ4n) is 3.87. The van der Waals surface area contributed by atoms with Gasteiger partial charge >= 0.3 is 0 Å². The predicted molar refractivity (Wildman–Crippen MR) is 82.8 cm³/mol. The van der Waals surface area contributed by atoms with E-state index in [0.29, 0.717) is 6.04 Å². The van der Waals surface area contributed by atoms with E-state index >= 15 is 0 Å².